The molecule has 0 aliphatic heterocycles. The summed E-state index contributed by atoms with van der Waals surface area (Å²) in [6.07, 6.45) is 3.30. The van der Waals surface area contributed by atoms with Crippen LogP contribution in [0, 0.1) is 5.92 Å². The zero-order valence-corrected chi connectivity index (χ0v) is 18.7. The van der Waals surface area contributed by atoms with Crippen LogP contribution in [0.3, 0.4) is 0 Å². The maximum Gasteiger partial charge on any atom is 0.287 e. The fourth-order valence-corrected chi connectivity index (χ4v) is 5.14. The summed E-state index contributed by atoms with van der Waals surface area (Å²) in [7, 11) is -3.53. The highest BCUT2D eigenvalue weighted by Gasteiger charge is 2.30. The molecular formula is C23H22BrNO4S. The van der Waals surface area contributed by atoms with E-state index in [9.17, 15) is 13.2 Å². The fourth-order valence-electron chi connectivity index (χ4n) is 3.60. The van der Waals surface area contributed by atoms with Gasteiger partial charge in [-0.2, -0.15) is 0 Å². The lowest BCUT2D eigenvalue weighted by Crippen LogP contribution is -2.36. The monoisotopic (exact) mass is 487 g/mol. The minimum atomic E-state index is -3.53. The van der Waals surface area contributed by atoms with Crippen molar-refractivity contribution in [1.29, 1.82) is 0 Å². The van der Waals surface area contributed by atoms with Gasteiger partial charge in [0.25, 0.3) is 5.91 Å². The SMILES string of the molecule is O=C(NC(c1ccc(Br)cc1)C1CCC1)c1ccc(CS(=O)(=O)c2ccccc2)o1. The molecule has 1 atom stereocenters. The molecule has 156 valence electrons. The van der Waals surface area contributed by atoms with Gasteiger partial charge in [-0.05, 0) is 60.7 Å². The number of rotatable bonds is 7. The molecule has 0 radical (unpaired) electrons. The Morgan fingerprint density at radius 2 is 1.73 bits per heavy atom. The summed E-state index contributed by atoms with van der Waals surface area (Å²) in [5.41, 5.74) is 1.05. The second kappa shape index (κ2) is 8.78. The van der Waals surface area contributed by atoms with Crippen LogP contribution in [0.5, 0.6) is 0 Å². The first kappa shape index (κ1) is 20.9. The maximum atomic E-state index is 12.8. The Labute approximate surface area is 184 Å². The molecule has 0 spiro atoms. The number of carbonyl (C=O) groups is 1. The van der Waals surface area contributed by atoms with Crippen molar-refractivity contribution in [2.45, 2.75) is 36.0 Å². The Morgan fingerprint density at radius 1 is 1.03 bits per heavy atom. The molecule has 1 heterocycles. The van der Waals surface area contributed by atoms with E-state index in [4.69, 9.17) is 4.42 Å². The molecule has 1 aliphatic carbocycles. The van der Waals surface area contributed by atoms with Gasteiger partial charge in [0.2, 0.25) is 0 Å². The molecule has 1 N–H and O–H groups in total. The third-order valence-corrected chi connectivity index (χ3v) is 7.64. The molecular weight excluding hydrogens is 466 g/mol. The molecule has 1 fully saturated rings. The van der Waals surface area contributed by atoms with Crippen molar-refractivity contribution in [1.82, 2.24) is 5.32 Å². The number of benzene rings is 2. The van der Waals surface area contributed by atoms with Crippen LogP contribution in [-0.4, -0.2) is 14.3 Å². The van der Waals surface area contributed by atoms with Crippen LogP contribution in [0.15, 0.2) is 80.5 Å². The molecule has 1 aromatic heterocycles. The Hall–Kier alpha value is -2.38. The van der Waals surface area contributed by atoms with Gasteiger partial charge >= 0.3 is 0 Å². The minimum absolute atomic E-state index is 0.0963. The molecule has 2 aromatic carbocycles. The molecule has 1 saturated carbocycles. The van der Waals surface area contributed by atoms with Gasteiger partial charge in [0, 0.05) is 4.47 Å². The van der Waals surface area contributed by atoms with E-state index < -0.39 is 9.84 Å². The summed E-state index contributed by atoms with van der Waals surface area (Å²) in [6, 6.07) is 19.1. The molecule has 0 bridgehead atoms. The zero-order chi connectivity index (χ0) is 21.1. The van der Waals surface area contributed by atoms with E-state index in [2.05, 4.69) is 21.2 Å². The number of amides is 1. The summed E-state index contributed by atoms with van der Waals surface area (Å²) in [5, 5.41) is 3.08. The average Bonchev–Trinajstić information content (AvgIpc) is 3.15. The van der Waals surface area contributed by atoms with E-state index in [-0.39, 0.29) is 34.1 Å². The topological polar surface area (TPSA) is 76.4 Å². The lowest BCUT2D eigenvalue weighted by molar-refractivity contribution is 0.0871. The van der Waals surface area contributed by atoms with Crippen molar-refractivity contribution in [3.8, 4) is 0 Å². The van der Waals surface area contributed by atoms with Crippen LogP contribution in [0.4, 0.5) is 0 Å². The van der Waals surface area contributed by atoms with Crippen molar-refractivity contribution in [2.75, 3.05) is 0 Å². The van der Waals surface area contributed by atoms with Crippen molar-refractivity contribution in [3.05, 3.63) is 88.3 Å². The van der Waals surface area contributed by atoms with Crippen molar-refractivity contribution >= 4 is 31.7 Å². The number of hydrogen-bond donors (Lipinski definition) is 1. The van der Waals surface area contributed by atoms with Gasteiger partial charge < -0.3 is 9.73 Å². The van der Waals surface area contributed by atoms with Gasteiger partial charge in [-0.3, -0.25) is 4.79 Å². The Balaban J connectivity index is 1.48. The molecule has 5 nitrogen and oxygen atoms in total. The number of hydrogen-bond acceptors (Lipinski definition) is 4. The van der Waals surface area contributed by atoms with Crippen LogP contribution in [-0.2, 0) is 15.6 Å². The van der Waals surface area contributed by atoms with Gasteiger partial charge in [0.15, 0.2) is 15.6 Å². The quantitative estimate of drug-likeness (QED) is 0.491. The Kier molecular flexibility index (Phi) is 6.11. The van der Waals surface area contributed by atoms with Crippen molar-refractivity contribution in [2.24, 2.45) is 5.92 Å². The number of carbonyl (C=O) groups excluding carboxylic acids is 1. The van der Waals surface area contributed by atoms with E-state index in [0.29, 0.717) is 5.92 Å². The molecule has 1 amide bonds. The van der Waals surface area contributed by atoms with Crippen LogP contribution in [0.25, 0.3) is 0 Å². The van der Waals surface area contributed by atoms with E-state index in [1.165, 1.54) is 6.07 Å². The first-order chi connectivity index (χ1) is 14.4. The van der Waals surface area contributed by atoms with Gasteiger partial charge in [0.05, 0.1) is 10.9 Å². The van der Waals surface area contributed by atoms with E-state index in [1.54, 1.807) is 36.4 Å². The molecule has 7 heteroatoms. The normalized spacial score (nSPS) is 15.4. The summed E-state index contributed by atoms with van der Waals surface area (Å²) in [5.74, 6) is 0.131. The highest BCUT2D eigenvalue weighted by molar-refractivity contribution is 9.10. The average molecular weight is 488 g/mol. The van der Waals surface area contributed by atoms with Crippen LogP contribution >= 0.6 is 15.9 Å². The number of sulfone groups is 1. The van der Waals surface area contributed by atoms with Gasteiger partial charge in [-0.1, -0.05) is 52.7 Å². The molecule has 4 rings (SSSR count). The highest BCUT2D eigenvalue weighted by atomic mass is 79.9. The third kappa shape index (κ3) is 4.68. The smallest absolute Gasteiger partial charge is 0.287 e. The molecule has 0 saturated heterocycles. The Morgan fingerprint density at radius 3 is 2.37 bits per heavy atom. The predicted molar refractivity (Wildman–Crippen MR) is 118 cm³/mol. The van der Waals surface area contributed by atoms with E-state index in [0.717, 1.165) is 29.3 Å². The molecule has 30 heavy (non-hydrogen) atoms. The summed E-state index contributed by atoms with van der Waals surface area (Å²) < 4.78 is 31.7. The predicted octanol–water partition coefficient (Wildman–Crippen LogP) is 5.29. The largest absolute Gasteiger partial charge is 0.455 e. The lowest BCUT2D eigenvalue weighted by atomic mass is 9.77. The van der Waals surface area contributed by atoms with Crippen molar-refractivity contribution < 1.29 is 17.6 Å². The number of furan rings is 1. The minimum Gasteiger partial charge on any atom is -0.455 e. The van der Waals surface area contributed by atoms with Crippen LogP contribution < -0.4 is 5.32 Å². The summed E-state index contributed by atoms with van der Waals surface area (Å²) in [6.45, 7) is 0. The zero-order valence-electron chi connectivity index (χ0n) is 16.3. The van der Waals surface area contributed by atoms with Crippen LogP contribution in [0.1, 0.15) is 47.2 Å². The fraction of sp³-hybridized carbons (Fsp3) is 0.261. The standard InChI is InChI=1S/C23H22BrNO4S/c24-18-11-9-17(10-12-18)22(16-5-4-6-16)25-23(26)21-14-13-19(29-21)15-30(27,28)20-7-2-1-3-8-20/h1-3,7-14,16,22H,4-6,15H2,(H,25,26). The first-order valence-electron chi connectivity index (χ1n) is 9.85. The number of halogens is 1. The second-order valence-corrected chi connectivity index (χ2v) is 10.4. The van der Waals surface area contributed by atoms with E-state index >= 15 is 0 Å². The Bertz CT molecular complexity index is 1120. The maximum absolute atomic E-state index is 12.8. The van der Waals surface area contributed by atoms with Crippen molar-refractivity contribution in [3.63, 3.8) is 0 Å². The molecule has 3 aromatic rings. The van der Waals surface area contributed by atoms with E-state index in [1.807, 2.05) is 24.3 Å². The lowest BCUT2D eigenvalue weighted by Gasteiger charge is -2.34. The van der Waals surface area contributed by atoms with Gasteiger partial charge in [-0.15, -0.1) is 0 Å². The number of nitrogens with one attached hydrogen (secondary N) is 1. The van der Waals surface area contributed by atoms with Gasteiger partial charge in [0.1, 0.15) is 11.5 Å². The molecule has 1 aliphatic rings. The molecule has 1 unspecified atom stereocenters. The first-order valence-corrected chi connectivity index (χ1v) is 12.3. The van der Waals surface area contributed by atoms with Gasteiger partial charge in [-0.25, -0.2) is 8.42 Å². The summed E-state index contributed by atoms with van der Waals surface area (Å²) in [4.78, 5) is 13.1. The summed E-state index contributed by atoms with van der Waals surface area (Å²) >= 11 is 3.44. The second-order valence-electron chi connectivity index (χ2n) is 7.53. The van der Waals surface area contributed by atoms with Crippen LogP contribution in [0.2, 0.25) is 0 Å². The third-order valence-electron chi connectivity index (χ3n) is 5.46. The highest BCUT2D eigenvalue weighted by Crippen LogP contribution is 2.38.